The molecule has 4 rings (SSSR count). The van der Waals surface area contributed by atoms with Crippen molar-refractivity contribution in [1.29, 1.82) is 0 Å². The fraction of sp³-hybridized carbons (Fsp3) is 0.381. The zero-order valence-electron chi connectivity index (χ0n) is 16.9. The van der Waals surface area contributed by atoms with Crippen LogP contribution in [0.15, 0.2) is 35.2 Å². The first-order valence-corrected chi connectivity index (χ1v) is 11.6. The topological polar surface area (TPSA) is 91.4 Å². The molecule has 0 spiro atoms. The van der Waals surface area contributed by atoms with Gasteiger partial charge in [-0.05, 0) is 36.8 Å². The lowest BCUT2D eigenvalue weighted by atomic mass is 10.1. The van der Waals surface area contributed by atoms with Crippen molar-refractivity contribution in [1.82, 2.24) is 4.31 Å². The van der Waals surface area contributed by atoms with E-state index < -0.39 is 16.0 Å². The molecule has 0 N–H and O–H groups in total. The van der Waals surface area contributed by atoms with E-state index in [1.54, 1.807) is 25.1 Å². The number of carbonyl (C=O) groups is 1. The van der Waals surface area contributed by atoms with Crippen LogP contribution in [0, 0.1) is 6.92 Å². The van der Waals surface area contributed by atoms with Gasteiger partial charge in [-0.15, -0.1) is 0 Å². The highest BCUT2D eigenvalue weighted by atomic mass is 35.5. The van der Waals surface area contributed by atoms with E-state index in [0.717, 1.165) is 5.56 Å². The maximum Gasteiger partial charge on any atom is 0.338 e. The third-order valence-corrected chi connectivity index (χ3v) is 7.26. The second-order valence-corrected chi connectivity index (χ2v) is 9.61. The molecule has 0 saturated carbocycles. The van der Waals surface area contributed by atoms with Crippen LogP contribution in [0.1, 0.15) is 27.0 Å². The molecule has 10 heteroatoms. The summed E-state index contributed by atoms with van der Waals surface area (Å²) in [7, 11) is -3.73. The number of sulfonamides is 1. The summed E-state index contributed by atoms with van der Waals surface area (Å²) in [6.45, 7) is 3.37. The Kier molecular flexibility index (Phi) is 6.49. The molecule has 2 aromatic carbocycles. The van der Waals surface area contributed by atoms with Gasteiger partial charge in [0.05, 0.1) is 30.3 Å². The van der Waals surface area contributed by atoms with Gasteiger partial charge in [0, 0.05) is 29.2 Å². The number of esters is 1. The highest BCUT2D eigenvalue weighted by Gasteiger charge is 2.28. The summed E-state index contributed by atoms with van der Waals surface area (Å²) in [5, 5.41) is 0.480. The molecule has 0 unspecified atom stereocenters. The van der Waals surface area contributed by atoms with Gasteiger partial charge in [-0.3, -0.25) is 0 Å². The number of fused-ring (bicyclic) bond motifs is 1. The fourth-order valence-electron chi connectivity index (χ4n) is 3.50. The minimum Gasteiger partial charge on any atom is -0.467 e. The summed E-state index contributed by atoms with van der Waals surface area (Å²) >= 11 is 6.15. The van der Waals surface area contributed by atoms with Gasteiger partial charge < -0.3 is 18.9 Å². The van der Waals surface area contributed by atoms with E-state index in [1.165, 1.54) is 16.4 Å². The van der Waals surface area contributed by atoms with Gasteiger partial charge in [0.2, 0.25) is 10.0 Å². The van der Waals surface area contributed by atoms with Crippen molar-refractivity contribution in [3.63, 3.8) is 0 Å². The van der Waals surface area contributed by atoms with E-state index in [2.05, 4.69) is 0 Å². The average Bonchev–Trinajstić information content (AvgIpc) is 2.78. The van der Waals surface area contributed by atoms with Crippen LogP contribution in [0.2, 0.25) is 5.02 Å². The Bertz CT molecular complexity index is 1100. The highest BCUT2D eigenvalue weighted by Crippen LogP contribution is 2.32. The maximum absolute atomic E-state index is 12.9. The van der Waals surface area contributed by atoms with Crippen LogP contribution in [0.4, 0.5) is 0 Å². The van der Waals surface area contributed by atoms with Crippen molar-refractivity contribution in [2.75, 3.05) is 33.1 Å². The molecule has 0 bridgehead atoms. The molecule has 31 heavy (non-hydrogen) atoms. The van der Waals surface area contributed by atoms with Crippen LogP contribution in [0.25, 0.3) is 0 Å². The molecule has 166 valence electrons. The predicted octanol–water partition coefficient (Wildman–Crippen LogP) is 2.89. The number of benzene rings is 2. The quantitative estimate of drug-likeness (QED) is 0.624. The second kappa shape index (κ2) is 9.13. The van der Waals surface area contributed by atoms with Crippen molar-refractivity contribution in [3.8, 4) is 5.75 Å². The maximum atomic E-state index is 12.9. The third-order valence-electron chi connectivity index (χ3n) is 5.15. The van der Waals surface area contributed by atoms with Gasteiger partial charge >= 0.3 is 5.97 Å². The van der Waals surface area contributed by atoms with E-state index in [4.69, 9.17) is 30.5 Å². The number of ether oxygens (including phenoxy) is 4. The highest BCUT2D eigenvalue weighted by molar-refractivity contribution is 7.89. The SMILES string of the molecule is Cc1ccc(S(=O)(=O)N2CCOCC2)cc1C(=O)OCc1cc(Cl)cc2c1OCOC2. The molecule has 0 atom stereocenters. The summed E-state index contributed by atoms with van der Waals surface area (Å²) in [6, 6.07) is 7.88. The molecular weight excluding hydrogens is 446 g/mol. The molecule has 1 saturated heterocycles. The zero-order valence-corrected chi connectivity index (χ0v) is 18.5. The summed E-state index contributed by atoms with van der Waals surface area (Å²) in [6.07, 6.45) is 0. The van der Waals surface area contributed by atoms with E-state index in [0.29, 0.717) is 41.7 Å². The number of hydrogen-bond donors (Lipinski definition) is 0. The molecule has 2 aliphatic rings. The predicted molar refractivity (Wildman–Crippen MR) is 112 cm³/mol. The number of rotatable bonds is 5. The Morgan fingerprint density at radius 2 is 1.94 bits per heavy atom. The standard InChI is InChI=1S/C21H22ClNO7S/c1-14-2-3-18(31(25,26)23-4-6-27-7-5-23)10-19(14)21(24)29-12-16-9-17(22)8-15-11-28-13-30-20(15)16/h2-3,8-10H,4-7,11-13H2,1H3. The normalized spacial score (nSPS) is 17.0. The molecule has 0 aromatic heterocycles. The van der Waals surface area contributed by atoms with E-state index >= 15 is 0 Å². The van der Waals surface area contributed by atoms with Crippen molar-refractivity contribution in [2.24, 2.45) is 0 Å². The van der Waals surface area contributed by atoms with Gasteiger partial charge in [-0.2, -0.15) is 4.31 Å². The number of morpholine rings is 1. The molecule has 0 radical (unpaired) electrons. The average molecular weight is 468 g/mol. The summed E-state index contributed by atoms with van der Waals surface area (Å²) in [5.41, 5.74) is 2.20. The lowest BCUT2D eigenvalue weighted by Gasteiger charge is -2.26. The fourth-order valence-corrected chi connectivity index (χ4v) is 5.20. The number of hydrogen-bond acceptors (Lipinski definition) is 7. The van der Waals surface area contributed by atoms with Gasteiger partial charge in [0.25, 0.3) is 0 Å². The lowest BCUT2D eigenvalue weighted by Crippen LogP contribution is -2.40. The largest absolute Gasteiger partial charge is 0.467 e. The smallest absolute Gasteiger partial charge is 0.338 e. The summed E-state index contributed by atoms with van der Waals surface area (Å²) in [5.74, 6) is -0.0406. The first-order valence-electron chi connectivity index (χ1n) is 9.74. The van der Waals surface area contributed by atoms with Gasteiger partial charge in [-0.25, -0.2) is 13.2 Å². The third kappa shape index (κ3) is 4.70. The van der Waals surface area contributed by atoms with Gasteiger partial charge in [0.15, 0.2) is 6.79 Å². The van der Waals surface area contributed by atoms with Gasteiger partial charge in [0.1, 0.15) is 12.4 Å². The van der Waals surface area contributed by atoms with Crippen molar-refractivity contribution in [2.45, 2.75) is 25.0 Å². The molecule has 2 aromatic rings. The Morgan fingerprint density at radius 1 is 1.16 bits per heavy atom. The zero-order chi connectivity index (χ0) is 22.0. The molecule has 1 fully saturated rings. The minimum absolute atomic E-state index is 0.0487. The van der Waals surface area contributed by atoms with Crippen molar-refractivity contribution in [3.05, 3.63) is 57.6 Å². The van der Waals surface area contributed by atoms with Crippen LogP contribution in [-0.2, 0) is 37.4 Å². The number of carbonyl (C=O) groups excluding carboxylic acids is 1. The summed E-state index contributed by atoms with van der Waals surface area (Å²) in [4.78, 5) is 12.8. The van der Waals surface area contributed by atoms with Crippen LogP contribution in [0.5, 0.6) is 5.75 Å². The Morgan fingerprint density at radius 3 is 2.71 bits per heavy atom. The molecule has 2 heterocycles. The molecule has 0 aliphatic carbocycles. The number of aryl methyl sites for hydroxylation is 1. The Labute approximate surface area is 185 Å². The van der Waals surface area contributed by atoms with Crippen LogP contribution < -0.4 is 4.74 Å². The van der Waals surface area contributed by atoms with E-state index in [-0.39, 0.29) is 36.9 Å². The van der Waals surface area contributed by atoms with Gasteiger partial charge in [-0.1, -0.05) is 17.7 Å². The molecule has 0 amide bonds. The lowest BCUT2D eigenvalue weighted by molar-refractivity contribution is -0.0180. The minimum atomic E-state index is -3.73. The molecular formula is C21H22ClNO7S. The molecule has 2 aliphatic heterocycles. The Balaban J connectivity index is 1.54. The summed E-state index contributed by atoms with van der Waals surface area (Å²) < 4.78 is 48.7. The monoisotopic (exact) mass is 467 g/mol. The first-order chi connectivity index (χ1) is 14.9. The van der Waals surface area contributed by atoms with Crippen LogP contribution in [-0.4, -0.2) is 51.8 Å². The second-order valence-electron chi connectivity index (χ2n) is 7.23. The van der Waals surface area contributed by atoms with E-state index in [9.17, 15) is 13.2 Å². The molecule has 8 nitrogen and oxygen atoms in total. The van der Waals surface area contributed by atoms with Crippen LogP contribution >= 0.6 is 11.6 Å². The number of nitrogens with zero attached hydrogens (tertiary/aromatic N) is 1. The number of halogens is 1. The van der Waals surface area contributed by atoms with Crippen molar-refractivity contribution >= 4 is 27.6 Å². The van der Waals surface area contributed by atoms with Crippen molar-refractivity contribution < 1.29 is 32.2 Å². The Hall–Kier alpha value is -2.17. The van der Waals surface area contributed by atoms with Crippen LogP contribution in [0.3, 0.4) is 0 Å². The first kappa shape index (κ1) is 22.0. The van der Waals surface area contributed by atoms with E-state index in [1.807, 2.05) is 0 Å².